The van der Waals surface area contributed by atoms with Crippen LogP contribution in [0.2, 0.25) is 0 Å². The Kier molecular flexibility index (Phi) is 5.21. The molecule has 20 heavy (non-hydrogen) atoms. The number of benzene rings is 1. The predicted molar refractivity (Wildman–Crippen MR) is 81.7 cm³/mol. The summed E-state index contributed by atoms with van der Waals surface area (Å²) in [5.41, 5.74) is 0.859. The van der Waals surface area contributed by atoms with Crippen LogP contribution in [-0.4, -0.2) is 22.1 Å². The summed E-state index contributed by atoms with van der Waals surface area (Å²) in [6.07, 6.45) is 0. The Morgan fingerprint density at radius 3 is 2.30 bits per heavy atom. The van der Waals surface area contributed by atoms with Crippen LogP contribution in [0.25, 0.3) is 0 Å². The minimum Gasteiger partial charge on any atom is -0.495 e. The SMILES string of the molecule is COc1ccc(C(C)C)cc1S(=O)(=O)NCC(C)(C)C. The van der Waals surface area contributed by atoms with Crippen molar-refractivity contribution in [2.45, 2.75) is 45.4 Å². The van der Waals surface area contributed by atoms with Gasteiger partial charge in [-0.2, -0.15) is 0 Å². The molecule has 1 rings (SSSR count). The van der Waals surface area contributed by atoms with Gasteiger partial charge in [0, 0.05) is 6.54 Å². The minimum atomic E-state index is -3.57. The average Bonchev–Trinajstić information content (AvgIpc) is 2.35. The molecule has 0 saturated heterocycles. The van der Waals surface area contributed by atoms with E-state index in [-0.39, 0.29) is 16.2 Å². The summed E-state index contributed by atoms with van der Waals surface area (Å²) in [6, 6.07) is 5.29. The van der Waals surface area contributed by atoms with Gasteiger partial charge in [0.15, 0.2) is 0 Å². The van der Waals surface area contributed by atoms with Crippen molar-refractivity contribution in [3.05, 3.63) is 23.8 Å². The third-order valence-corrected chi connectivity index (χ3v) is 4.36. The van der Waals surface area contributed by atoms with Crippen LogP contribution in [0.15, 0.2) is 23.1 Å². The van der Waals surface area contributed by atoms with Gasteiger partial charge >= 0.3 is 0 Å². The van der Waals surface area contributed by atoms with Crippen LogP contribution in [0.5, 0.6) is 5.75 Å². The highest BCUT2D eigenvalue weighted by Gasteiger charge is 2.22. The van der Waals surface area contributed by atoms with Crippen LogP contribution < -0.4 is 9.46 Å². The molecule has 0 radical (unpaired) electrons. The molecule has 0 heterocycles. The lowest BCUT2D eigenvalue weighted by Gasteiger charge is -2.20. The third-order valence-electron chi connectivity index (χ3n) is 2.94. The highest BCUT2D eigenvalue weighted by molar-refractivity contribution is 7.89. The van der Waals surface area contributed by atoms with E-state index in [1.807, 2.05) is 40.7 Å². The van der Waals surface area contributed by atoms with Crippen LogP contribution in [-0.2, 0) is 10.0 Å². The van der Waals surface area contributed by atoms with Crippen LogP contribution >= 0.6 is 0 Å². The first kappa shape index (κ1) is 17.0. The highest BCUT2D eigenvalue weighted by atomic mass is 32.2. The number of rotatable bonds is 5. The van der Waals surface area contributed by atoms with Crippen molar-refractivity contribution in [1.29, 1.82) is 0 Å². The van der Waals surface area contributed by atoms with Crippen molar-refractivity contribution in [3.8, 4) is 5.75 Å². The minimum absolute atomic E-state index is 0.115. The van der Waals surface area contributed by atoms with E-state index in [9.17, 15) is 8.42 Å². The average molecular weight is 299 g/mol. The third kappa shape index (κ3) is 4.49. The van der Waals surface area contributed by atoms with E-state index in [1.54, 1.807) is 12.1 Å². The molecule has 0 fully saturated rings. The summed E-state index contributed by atoms with van der Waals surface area (Å²) in [6.45, 7) is 10.4. The van der Waals surface area contributed by atoms with Crippen molar-refractivity contribution in [3.63, 3.8) is 0 Å². The van der Waals surface area contributed by atoms with E-state index in [0.717, 1.165) is 5.56 Å². The molecule has 5 heteroatoms. The number of sulfonamides is 1. The molecule has 0 unspecified atom stereocenters. The fourth-order valence-electron chi connectivity index (χ4n) is 1.65. The molecule has 0 aromatic heterocycles. The first-order chi connectivity index (χ1) is 9.07. The van der Waals surface area contributed by atoms with Gasteiger partial charge < -0.3 is 4.74 Å². The second kappa shape index (κ2) is 6.14. The van der Waals surface area contributed by atoms with Crippen LogP contribution in [0.4, 0.5) is 0 Å². The topological polar surface area (TPSA) is 55.4 Å². The molecule has 0 saturated carbocycles. The smallest absolute Gasteiger partial charge is 0.244 e. The first-order valence-corrected chi connectivity index (χ1v) is 8.23. The van der Waals surface area contributed by atoms with Gasteiger partial charge in [-0.15, -0.1) is 0 Å². The summed E-state index contributed by atoms with van der Waals surface area (Å²) in [5, 5.41) is 0. The molecular formula is C15H25NO3S. The molecule has 1 aromatic rings. The lowest BCUT2D eigenvalue weighted by molar-refractivity contribution is 0.396. The summed E-state index contributed by atoms with van der Waals surface area (Å²) < 4.78 is 32.7. The van der Waals surface area contributed by atoms with Crippen molar-refractivity contribution in [1.82, 2.24) is 4.72 Å². The largest absolute Gasteiger partial charge is 0.495 e. The Bertz CT molecular complexity index is 557. The van der Waals surface area contributed by atoms with Gasteiger partial charge in [-0.3, -0.25) is 0 Å². The van der Waals surface area contributed by atoms with Gasteiger partial charge in [-0.1, -0.05) is 40.7 Å². The Morgan fingerprint density at radius 1 is 1.25 bits per heavy atom. The van der Waals surface area contributed by atoms with Crippen LogP contribution in [0.3, 0.4) is 0 Å². The quantitative estimate of drug-likeness (QED) is 0.908. The van der Waals surface area contributed by atoms with Crippen LogP contribution in [0, 0.1) is 5.41 Å². The van der Waals surface area contributed by atoms with Gasteiger partial charge in [0.2, 0.25) is 10.0 Å². The van der Waals surface area contributed by atoms with E-state index in [2.05, 4.69) is 4.72 Å². The van der Waals surface area contributed by atoms with Crippen molar-refractivity contribution < 1.29 is 13.2 Å². The second-order valence-corrected chi connectivity index (χ2v) is 8.19. The van der Waals surface area contributed by atoms with E-state index in [4.69, 9.17) is 4.74 Å². The highest BCUT2D eigenvalue weighted by Crippen LogP contribution is 2.28. The van der Waals surface area contributed by atoms with Gasteiger partial charge in [-0.05, 0) is 29.0 Å². The molecule has 1 aromatic carbocycles. The molecular weight excluding hydrogens is 274 g/mol. The van der Waals surface area contributed by atoms with Gasteiger partial charge in [-0.25, -0.2) is 13.1 Å². The number of hydrogen-bond acceptors (Lipinski definition) is 3. The lowest BCUT2D eigenvalue weighted by atomic mass is 9.98. The normalized spacial score (nSPS) is 12.8. The summed E-state index contributed by atoms with van der Waals surface area (Å²) in [7, 11) is -2.09. The Morgan fingerprint density at radius 2 is 1.85 bits per heavy atom. The van der Waals surface area contributed by atoms with E-state index < -0.39 is 10.0 Å². The predicted octanol–water partition coefficient (Wildman–Crippen LogP) is 3.14. The molecule has 114 valence electrons. The summed E-state index contributed by atoms with van der Waals surface area (Å²) in [4.78, 5) is 0.204. The number of ether oxygens (including phenoxy) is 1. The molecule has 0 bridgehead atoms. The maximum absolute atomic E-state index is 12.4. The molecule has 0 spiro atoms. The van der Waals surface area contributed by atoms with Gasteiger partial charge in [0.05, 0.1) is 7.11 Å². The zero-order valence-corrected chi connectivity index (χ0v) is 14.0. The zero-order valence-electron chi connectivity index (χ0n) is 13.1. The fourth-order valence-corrected chi connectivity index (χ4v) is 3.14. The maximum atomic E-state index is 12.4. The second-order valence-electron chi connectivity index (χ2n) is 6.45. The first-order valence-electron chi connectivity index (χ1n) is 6.74. The van der Waals surface area contributed by atoms with Gasteiger partial charge in [0.25, 0.3) is 0 Å². The summed E-state index contributed by atoms with van der Waals surface area (Å²) in [5.74, 6) is 0.633. The number of hydrogen-bond donors (Lipinski definition) is 1. The van der Waals surface area contributed by atoms with Crippen molar-refractivity contribution in [2.24, 2.45) is 5.41 Å². The lowest BCUT2D eigenvalue weighted by Crippen LogP contribution is -2.32. The Balaban J connectivity index is 3.18. The molecule has 0 aliphatic rings. The molecule has 0 aliphatic heterocycles. The molecule has 0 atom stereocenters. The molecule has 1 N–H and O–H groups in total. The van der Waals surface area contributed by atoms with Crippen LogP contribution in [0.1, 0.15) is 46.1 Å². The zero-order chi connectivity index (χ0) is 15.6. The van der Waals surface area contributed by atoms with E-state index in [1.165, 1.54) is 7.11 Å². The van der Waals surface area contributed by atoms with Crippen molar-refractivity contribution >= 4 is 10.0 Å². The van der Waals surface area contributed by atoms with Gasteiger partial charge in [0.1, 0.15) is 10.6 Å². The Hall–Kier alpha value is -1.07. The molecule has 0 amide bonds. The molecule has 0 aliphatic carbocycles. The Labute approximate surface area is 122 Å². The number of nitrogens with one attached hydrogen (secondary N) is 1. The number of methoxy groups -OCH3 is 1. The maximum Gasteiger partial charge on any atom is 0.244 e. The summed E-state index contributed by atoms with van der Waals surface area (Å²) >= 11 is 0. The van der Waals surface area contributed by atoms with E-state index >= 15 is 0 Å². The van der Waals surface area contributed by atoms with Crippen molar-refractivity contribution in [2.75, 3.05) is 13.7 Å². The van der Waals surface area contributed by atoms with E-state index in [0.29, 0.717) is 12.3 Å². The fraction of sp³-hybridized carbons (Fsp3) is 0.600. The molecule has 4 nitrogen and oxygen atoms in total. The standard InChI is InChI=1S/C15H25NO3S/c1-11(2)12-7-8-13(19-6)14(9-12)20(17,18)16-10-15(3,4)5/h7-9,11,16H,10H2,1-6H3. The monoisotopic (exact) mass is 299 g/mol.